The van der Waals surface area contributed by atoms with E-state index in [0.717, 1.165) is 11.8 Å². The highest BCUT2D eigenvalue weighted by Crippen LogP contribution is 2.24. The molecule has 6 nitrogen and oxygen atoms in total. The molecule has 1 amide bonds. The maximum atomic E-state index is 12.0. The van der Waals surface area contributed by atoms with Crippen molar-refractivity contribution < 1.29 is 17.9 Å². The summed E-state index contributed by atoms with van der Waals surface area (Å²) in [5.74, 6) is 0.192. The lowest BCUT2D eigenvalue weighted by molar-refractivity contribution is -0.123. The fourth-order valence-electron chi connectivity index (χ4n) is 1.89. The molecule has 0 saturated carbocycles. The van der Waals surface area contributed by atoms with E-state index in [9.17, 15) is 13.2 Å². The number of methoxy groups -OCH3 is 1. The summed E-state index contributed by atoms with van der Waals surface area (Å²) in [6, 6.07) is 6.22. The molecule has 7 heteroatoms. The summed E-state index contributed by atoms with van der Waals surface area (Å²) in [4.78, 5) is 12.0. The van der Waals surface area contributed by atoms with E-state index in [1.807, 2.05) is 31.2 Å². The van der Waals surface area contributed by atoms with Crippen molar-refractivity contribution in [3.8, 4) is 5.75 Å². The monoisotopic (exact) mass is 314 g/mol. The maximum Gasteiger partial charge on any atom is 0.237 e. The Hall–Kier alpha value is -1.60. The average molecular weight is 314 g/mol. The lowest BCUT2D eigenvalue weighted by Crippen LogP contribution is -2.42. The number of nitrogens with one attached hydrogen (secondary N) is 1. The van der Waals surface area contributed by atoms with Crippen LogP contribution in [0, 0.1) is 0 Å². The van der Waals surface area contributed by atoms with Crippen LogP contribution < -0.4 is 15.8 Å². The molecule has 0 aliphatic rings. The average Bonchev–Trinajstić information content (AvgIpc) is 2.43. The summed E-state index contributed by atoms with van der Waals surface area (Å²) in [6.45, 7) is 1.82. The second kappa shape index (κ2) is 7.42. The van der Waals surface area contributed by atoms with Gasteiger partial charge in [0.1, 0.15) is 15.6 Å². The zero-order valence-electron chi connectivity index (χ0n) is 12.5. The summed E-state index contributed by atoms with van der Waals surface area (Å²) in [6.07, 6.45) is 1.22. The van der Waals surface area contributed by atoms with Crippen LogP contribution >= 0.6 is 0 Å². The second-order valence-electron chi connectivity index (χ2n) is 5.00. The number of ether oxygens (including phenoxy) is 1. The smallest absolute Gasteiger partial charge is 0.237 e. The first-order chi connectivity index (χ1) is 9.74. The van der Waals surface area contributed by atoms with Crippen molar-refractivity contribution in [3.05, 3.63) is 29.8 Å². The molecule has 1 rings (SSSR count). The SMILES string of the molecule is COc1ccccc1C(C)NC(=O)C(N)CCS(C)(=O)=O. The predicted molar refractivity (Wildman–Crippen MR) is 81.9 cm³/mol. The van der Waals surface area contributed by atoms with E-state index < -0.39 is 15.9 Å². The number of para-hydroxylation sites is 1. The summed E-state index contributed by atoms with van der Waals surface area (Å²) in [5, 5.41) is 2.77. The van der Waals surface area contributed by atoms with Crippen molar-refractivity contribution in [3.63, 3.8) is 0 Å². The highest BCUT2D eigenvalue weighted by molar-refractivity contribution is 7.90. The summed E-state index contributed by atoms with van der Waals surface area (Å²) < 4.78 is 27.4. The van der Waals surface area contributed by atoms with Crippen LogP contribution in [0.2, 0.25) is 0 Å². The van der Waals surface area contributed by atoms with Crippen molar-refractivity contribution >= 4 is 15.7 Å². The zero-order chi connectivity index (χ0) is 16.0. The van der Waals surface area contributed by atoms with Crippen LogP contribution in [0.3, 0.4) is 0 Å². The zero-order valence-corrected chi connectivity index (χ0v) is 13.3. The third-order valence-corrected chi connectivity index (χ3v) is 4.08. The quantitative estimate of drug-likeness (QED) is 0.769. The first-order valence-electron chi connectivity index (χ1n) is 6.61. The highest BCUT2D eigenvalue weighted by Gasteiger charge is 2.19. The first kappa shape index (κ1) is 17.5. The molecular weight excluding hydrogens is 292 g/mol. The van der Waals surface area contributed by atoms with E-state index in [0.29, 0.717) is 5.75 Å². The van der Waals surface area contributed by atoms with Crippen LogP contribution in [0.5, 0.6) is 5.75 Å². The van der Waals surface area contributed by atoms with Gasteiger partial charge in [0, 0.05) is 11.8 Å². The molecule has 0 fully saturated rings. The number of sulfone groups is 1. The molecule has 1 aromatic carbocycles. The Morgan fingerprint density at radius 1 is 1.38 bits per heavy atom. The molecule has 0 radical (unpaired) electrons. The van der Waals surface area contributed by atoms with E-state index in [-0.39, 0.29) is 24.1 Å². The lowest BCUT2D eigenvalue weighted by Gasteiger charge is -2.19. The minimum Gasteiger partial charge on any atom is -0.496 e. The molecular formula is C14H22N2O4S. The molecule has 2 atom stereocenters. The fourth-order valence-corrected chi connectivity index (χ4v) is 2.58. The maximum absolute atomic E-state index is 12.0. The Morgan fingerprint density at radius 2 is 2.00 bits per heavy atom. The van der Waals surface area contributed by atoms with Gasteiger partial charge >= 0.3 is 0 Å². The number of nitrogens with two attached hydrogens (primary N) is 1. The summed E-state index contributed by atoms with van der Waals surface area (Å²) in [5.41, 5.74) is 6.55. The van der Waals surface area contributed by atoms with E-state index in [4.69, 9.17) is 10.5 Å². The molecule has 0 aliphatic carbocycles. The molecule has 0 aromatic heterocycles. The third kappa shape index (κ3) is 5.73. The summed E-state index contributed by atoms with van der Waals surface area (Å²) in [7, 11) is -1.56. The largest absolute Gasteiger partial charge is 0.496 e. The van der Waals surface area contributed by atoms with Crippen LogP contribution in [0.15, 0.2) is 24.3 Å². The Bertz CT molecular complexity index is 586. The van der Waals surface area contributed by atoms with Crippen LogP contribution in [0.1, 0.15) is 24.9 Å². The van der Waals surface area contributed by atoms with Crippen LogP contribution in [0.4, 0.5) is 0 Å². The molecule has 0 heterocycles. The summed E-state index contributed by atoms with van der Waals surface area (Å²) >= 11 is 0. The standard InChI is InChI=1S/C14H22N2O4S/c1-10(11-6-4-5-7-13(11)20-2)16-14(17)12(15)8-9-21(3,18)19/h4-7,10,12H,8-9,15H2,1-3H3,(H,16,17). The molecule has 0 aliphatic heterocycles. The Balaban J connectivity index is 2.65. The molecule has 21 heavy (non-hydrogen) atoms. The van der Waals surface area contributed by atoms with Gasteiger partial charge in [-0.1, -0.05) is 18.2 Å². The van der Waals surface area contributed by atoms with Crippen molar-refractivity contribution in [2.45, 2.75) is 25.4 Å². The van der Waals surface area contributed by atoms with Gasteiger partial charge in [0.05, 0.1) is 24.9 Å². The molecule has 3 N–H and O–H groups in total. The van der Waals surface area contributed by atoms with E-state index in [1.54, 1.807) is 7.11 Å². The number of hydrogen-bond acceptors (Lipinski definition) is 5. The Labute approximate surface area is 125 Å². The lowest BCUT2D eigenvalue weighted by atomic mass is 10.1. The van der Waals surface area contributed by atoms with Gasteiger partial charge in [-0.3, -0.25) is 4.79 Å². The van der Waals surface area contributed by atoms with Gasteiger partial charge in [-0.2, -0.15) is 0 Å². The molecule has 0 bridgehead atoms. The number of amides is 1. The predicted octanol–water partition coefficient (Wildman–Crippen LogP) is 0.634. The van der Waals surface area contributed by atoms with E-state index in [1.165, 1.54) is 0 Å². The number of carbonyl (C=O) groups excluding carboxylic acids is 1. The highest BCUT2D eigenvalue weighted by atomic mass is 32.2. The van der Waals surface area contributed by atoms with Gasteiger partial charge in [0.25, 0.3) is 0 Å². The van der Waals surface area contributed by atoms with Crippen LogP contribution in [-0.4, -0.2) is 39.5 Å². The van der Waals surface area contributed by atoms with Gasteiger partial charge in [-0.25, -0.2) is 8.42 Å². The first-order valence-corrected chi connectivity index (χ1v) is 8.67. The van der Waals surface area contributed by atoms with Gasteiger partial charge < -0.3 is 15.8 Å². The van der Waals surface area contributed by atoms with Crippen molar-refractivity contribution in [1.29, 1.82) is 0 Å². The third-order valence-electron chi connectivity index (χ3n) is 3.10. The number of carbonyl (C=O) groups is 1. The Morgan fingerprint density at radius 3 is 2.57 bits per heavy atom. The van der Waals surface area contributed by atoms with Gasteiger partial charge in [0.2, 0.25) is 5.91 Å². The van der Waals surface area contributed by atoms with Crippen molar-refractivity contribution in [2.75, 3.05) is 19.1 Å². The van der Waals surface area contributed by atoms with Crippen LogP contribution in [0.25, 0.3) is 0 Å². The fraction of sp³-hybridized carbons (Fsp3) is 0.500. The number of hydrogen-bond donors (Lipinski definition) is 2. The molecule has 118 valence electrons. The molecule has 1 aromatic rings. The second-order valence-corrected chi connectivity index (χ2v) is 7.26. The van der Waals surface area contributed by atoms with Crippen molar-refractivity contribution in [2.24, 2.45) is 5.73 Å². The van der Waals surface area contributed by atoms with Gasteiger partial charge in [-0.15, -0.1) is 0 Å². The van der Waals surface area contributed by atoms with Crippen molar-refractivity contribution in [1.82, 2.24) is 5.32 Å². The molecule has 0 spiro atoms. The van der Waals surface area contributed by atoms with E-state index in [2.05, 4.69) is 5.32 Å². The van der Waals surface area contributed by atoms with Crippen LogP contribution in [-0.2, 0) is 14.6 Å². The van der Waals surface area contributed by atoms with E-state index >= 15 is 0 Å². The number of rotatable bonds is 7. The molecule has 0 saturated heterocycles. The Kier molecular flexibility index (Phi) is 6.17. The minimum absolute atomic E-state index is 0.101. The molecule has 2 unspecified atom stereocenters. The normalized spacial score (nSPS) is 14.3. The van der Waals surface area contributed by atoms with Gasteiger partial charge in [-0.05, 0) is 19.4 Å². The topological polar surface area (TPSA) is 98.5 Å². The van der Waals surface area contributed by atoms with Gasteiger partial charge in [0.15, 0.2) is 0 Å². The minimum atomic E-state index is -3.12. The number of benzene rings is 1.